The molecule has 0 bridgehead atoms. The first-order valence-electron chi connectivity index (χ1n) is 6.93. The third kappa shape index (κ3) is 2.00. The third-order valence-electron chi connectivity index (χ3n) is 4.41. The van der Waals surface area contributed by atoms with E-state index in [4.69, 9.17) is 4.74 Å². The van der Waals surface area contributed by atoms with Crippen molar-refractivity contribution in [2.45, 2.75) is 24.8 Å². The van der Waals surface area contributed by atoms with Gasteiger partial charge in [0.2, 0.25) is 0 Å². The first kappa shape index (κ1) is 12.5. The molecule has 4 heteroatoms. The van der Waals surface area contributed by atoms with Crippen molar-refractivity contribution in [3.63, 3.8) is 0 Å². The monoisotopic (exact) mass is 260 g/mol. The van der Waals surface area contributed by atoms with Crippen LogP contribution in [0.15, 0.2) is 24.3 Å². The number of nitrogens with one attached hydrogen (secondary N) is 1. The Bertz CT molecular complexity index is 481. The molecule has 4 nitrogen and oxygen atoms in total. The summed E-state index contributed by atoms with van der Waals surface area (Å²) in [4.78, 5) is 14.7. The van der Waals surface area contributed by atoms with Crippen LogP contribution in [0.25, 0.3) is 0 Å². The molecule has 1 unspecified atom stereocenters. The topological polar surface area (TPSA) is 41.6 Å². The van der Waals surface area contributed by atoms with E-state index in [2.05, 4.69) is 5.32 Å². The molecule has 0 saturated carbocycles. The van der Waals surface area contributed by atoms with Gasteiger partial charge in [0.1, 0.15) is 5.75 Å². The van der Waals surface area contributed by atoms with Crippen LogP contribution < -0.4 is 10.1 Å². The highest BCUT2D eigenvalue weighted by atomic mass is 16.5. The SMILES string of the molecule is COc1ccccc1C(=O)N1CCC12CCCNC2. The van der Waals surface area contributed by atoms with Crippen LogP contribution >= 0.6 is 0 Å². The van der Waals surface area contributed by atoms with Gasteiger partial charge in [0, 0.05) is 13.1 Å². The quantitative estimate of drug-likeness (QED) is 0.879. The Morgan fingerprint density at radius 2 is 2.21 bits per heavy atom. The minimum Gasteiger partial charge on any atom is -0.496 e. The van der Waals surface area contributed by atoms with Crippen LogP contribution in [0.5, 0.6) is 5.75 Å². The number of rotatable bonds is 2. The minimum atomic E-state index is 0.0518. The lowest BCUT2D eigenvalue weighted by Gasteiger charge is -2.55. The molecule has 19 heavy (non-hydrogen) atoms. The van der Waals surface area contributed by atoms with Crippen LogP contribution in [-0.2, 0) is 0 Å². The van der Waals surface area contributed by atoms with Gasteiger partial charge in [0.25, 0.3) is 5.91 Å². The zero-order valence-corrected chi connectivity index (χ0v) is 11.3. The van der Waals surface area contributed by atoms with E-state index in [-0.39, 0.29) is 11.4 Å². The second-order valence-corrected chi connectivity index (χ2v) is 5.41. The maximum absolute atomic E-state index is 12.7. The van der Waals surface area contributed by atoms with E-state index in [0.29, 0.717) is 11.3 Å². The largest absolute Gasteiger partial charge is 0.496 e. The van der Waals surface area contributed by atoms with Gasteiger partial charge in [0.05, 0.1) is 18.2 Å². The summed E-state index contributed by atoms with van der Waals surface area (Å²) in [5.41, 5.74) is 0.727. The van der Waals surface area contributed by atoms with E-state index < -0.39 is 0 Å². The molecule has 0 aromatic heterocycles. The number of hydrogen-bond donors (Lipinski definition) is 1. The van der Waals surface area contributed by atoms with E-state index in [1.54, 1.807) is 7.11 Å². The van der Waals surface area contributed by atoms with Crippen LogP contribution in [0, 0.1) is 0 Å². The number of amides is 1. The molecule has 0 aliphatic carbocycles. The van der Waals surface area contributed by atoms with Crippen LogP contribution in [0.2, 0.25) is 0 Å². The van der Waals surface area contributed by atoms with Crippen molar-refractivity contribution in [2.24, 2.45) is 0 Å². The Hall–Kier alpha value is -1.55. The maximum atomic E-state index is 12.7. The molecular formula is C15H20N2O2. The summed E-state index contributed by atoms with van der Waals surface area (Å²) in [6.45, 7) is 2.85. The molecule has 2 saturated heterocycles. The van der Waals surface area contributed by atoms with Crippen molar-refractivity contribution in [1.82, 2.24) is 10.2 Å². The first-order chi connectivity index (χ1) is 9.27. The summed E-state index contributed by atoms with van der Waals surface area (Å²) >= 11 is 0. The molecule has 3 rings (SSSR count). The van der Waals surface area contributed by atoms with Gasteiger partial charge in [0.15, 0.2) is 0 Å². The highest BCUT2D eigenvalue weighted by molar-refractivity contribution is 5.98. The van der Waals surface area contributed by atoms with Gasteiger partial charge in [-0.3, -0.25) is 4.79 Å². The summed E-state index contributed by atoms with van der Waals surface area (Å²) < 4.78 is 5.30. The lowest BCUT2D eigenvalue weighted by Crippen LogP contribution is -2.67. The zero-order chi connectivity index (χ0) is 13.3. The fraction of sp³-hybridized carbons (Fsp3) is 0.533. The predicted molar refractivity (Wildman–Crippen MR) is 73.5 cm³/mol. The van der Waals surface area contributed by atoms with E-state index in [0.717, 1.165) is 38.9 Å². The van der Waals surface area contributed by atoms with Crippen LogP contribution in [0.1, 0.15) is 29.6 Å². The Morgan fingerprint density at radius 3 is 2.84 bits per heavy atom. The summed E-state index contributed by atoms with van der Waals surface area (Å²) in [6, 6.07) is 7.48. The molecule has 2 aliphatic rings. The van der Waals surface area contributed by atoms with Crippen LogP contribution in [-0.4, -0.2) is 43.1 Å². The summed E-state index contributed by atoms with van der Waals surface area (Å²) in [7, 11) is 1.61. The fourth-order valence-corrected chi connectivity index (χ4v) is 3.22. The van der Waals surface area contributed by atoms with Gasteiger partial charge in [-0.2, -0.15) is 0 Å². The molecule has 2 fully saturated rings. The summed E-state index contributed by atoms with van der Waals surface area (Å²) in [6.07, 6.45) is 3.37. The van der Waals surface area contributed by atoms with Gasteiger partial charge in [-0.1, -0.05) is 12.1 Å². The van der Waals surface area contributed by atoms with Crippen molar-refractivity contribution in [3.05, 3.63) is 29.8 Å². The Labute approximate surface area is 113 Å². The smallest absolute Gasteiger partial charge is 0.258 e. The molecule has 1 amide bonds. The van der Waals surface area contributed by atoms with Crippen LogP contribution in [0.4, 0.5) is 0 Å². The van der Waals surface area contributed by atoms with Crippen molar-refractivity contribution in [3.8, 4) is 5.75 Å². The van der Waals surface area contributed by atoms with Crippen molar-refractivity contribution in [2.75, 3.05) is 26.7 Å². The lowest BCUT2D eigenvalue weighted by atomic mass is 9.78. The number of benzene rings is 1. The minimum absolute atomic E-state index is 0.0518. The standard InChI is InChI=1S/C15H20N2O2/c1-19-13-6-3-2-5-12(13)14(18)17-10-8-15(17)7-4-9-16-11-15/h2-3,5-6,16H,4,7-11H2,1H3. The van der Waals surface area contributed by atoms with E-state index in [1.165, 1.54) is 0 Å². The van der Waals surface area contributed by atoms with Gasteiger partial charge in [-0.25, -0.2) is 0 Å². The molecular weight excluding hydrogens is 240 g/mol. The van der Waals surface area contributed by atoms with Gasteiger partial charge in [-0.15, -0.1) is 0 Å². The van der Waals surface area contributed by atoms with Crippen molar-refractivity contribution < 1.29 is 9.53 Å². The second kappa shape index (κ2) is 4.85. The average Bonchev–Trinajstić information content (AvgIpc) is 2.47. The number of ether oxygens (including phenoxy) is 1. The maximum Gasteiger partial charge on any atom is 0.258 e. The second-order valence-electron chi connectivity index (χ2n) is 5.41. The normalized spacial score (nSPS) is 26.1. The fourth-order valence-electron chi connectivity index (χ4n) is 3.22. The van der Waals surface area contributed by atoms with Gasteiger partial charge in [-0.05, 0) is 37.9 Å². The molecule has 102 valence electrons. The Balaban J connectivity index is 1.84. The van der Waals surface area contributed by atoms with E-state index in [1.807, 2.05) is 29.2 Å². The molecule has 1 N–H and O–H groups in total. The number of hydrogen-bond acceptors (Lipinski definition) is 3. The number of nitrogens with zero attached hydrogens (tertiary/aromatic N) is 1. The number of likely N-dealkylation sites (tertiary alicyclic amines) is 1. The average molecular weight is 260 g/mol. The highest BCUT2D eigenvalue weighted by Crippen LogP contribution is 2.38. The molecule has 1 aromatic carbocycles. The highest BCUT2D eigenvalue weighted by Gasteiger charge is 2.48. The molecule has 2 heterocycles. The van der Waals surface area contributed by atoms with Gasteiger partial charge < -0.3 is 15.0 Å². The number of carbonyl (C=O) groups is 1. The summed E-state index contributed by atoms with van der Waals surface area (Å²) in [5.74, 6) is 0.769. The molecule has 1 atom stereocenters. The molecule has 1 spiro atoms. The first-order valence-corrected chi connectivity index (χ1v) is 6.93. The molecule has 2 aliphatic heterocycles. The Kier molecular flexibility index (Phi) is 3.19. The van der Waals surface area contributed by atoms with Crippen LogP contribution in [0.3, 0.4) is 0 Å². The predicted octanol–water partition coefficient (Wildman–Crippen LogP) is 1.66. The summed E-state index contributed by atoms with van der Waals surface area (Å²) in [5, 5.41) is 3.42. The number of methoxy groups -OCH3 is 1. The Morgan fingerprint density at radius 1 is 1.37 bits per heavy atom. The van der Waals surface area contributed by atoms with Crippen molar-refractivity contribution >= 4 is 5.91 Å². The molecule has 1 aromatic rings. The molecule has 0 radical (unpaired) electrons. The van der Waals surface area contributed by atoms with Crippen molar-refractivity contribution in [1.29, 1.82) is 0 Å². The van der Waals surface area contributed by atoms with E-state index >= 15 is 0 Å². The number of piperidine rings is 1. The zero-order valence-electron chi connectivity index (χ0n) is 11.3. The number of para-hydroxylation sites is 1. The number of carbonyl (C=O) groups excluding carboxylic acids is 1. The van der Waals surface area contributed by atoms with Gasteiger partial charge >= 0.3 is 0 Å². The lowest BCUT2D eigenvalue weighted by molar-refractivity contribution is -0.0157. The third-order valence-corrected chi connectivity index (χ3v) is 4.41. The van der Waals surface area contributed by atoms with E-state index in [9.17, 15) is 4.79 Å².